The number of carbonyl (C=O) groups is 2. The Morgan fingerprint density at radius 1 is 1.29 bits per heavy atom. The van der Waals surface area contributed by atoms with Crippen molar-refractivity contribution >= 4 is 30.5 Å². The summed E-state index contributed by atoms with van der Waals surface area (Å²) in [4.78, 5) is 26.1. The molecule has 2 atom stereocenters. The molecule has 0 spiro atoms. The Bertz CT molecular complexity index is 1000. The van der Waals surface area contributed by atoms with Crippen molar-refractivity contribution in [2.45, 2.75) is 49.9 Å². The number of halogens is 1. The van der Waals surface area contributed by atoms with Gasteiger partial charge in [0, 0.05) is 40.7 Å². The van der Waals surface area contributed by atoms with E-state index in [1.807, 2.05) is 11.0 Å². The summed E-state index contributed by atoms with van der Waals surface area (Å²) in [5.41, 5.74) is 2.16. The fourth-order valence-electron chi connectivity index (χ4n) is 4.07. The molecule has 6 nitrogen and oxygen atoms in total. The largest absolute Gasteiger partial charge is 0.481 e. The van der Waals surface area contributed by atoms with Gasteiger partial charge >= 0.3 is 5.97 Å². The van der Waals surface area contributed by atoms with Crippen molar-refractivity contribution in [2.75, 3.05) is 6.54 Å². The van der Waals surface area contributed by atoms with Crippen LogP contribution in [0.15, 0.2) is 42.4 Å². The summed E-state index contributed by atoms with van der Waals surface area (Å²) < 4.78 is 16.3. The SMILES string of the molecule is O=C(O)CCn1cc(C=C2CC(S)CCN2C(C(=O)C2CC2)c2ccccc2F)cn1. The van der Waals surface area contributed by atoms with E-state index in [-0.39, 0.29) is 35.7 Å². The number of aromatic nitrogens is 2. The van der Waals surface area contributed by atoms with Gasteiger partial charge in [0.2, 0.25) is 0 Å². The zero-order valence-electron chi connectivity index (χ0n) is 17.2. The summed E-state index contributed by atoms with van der Waals surface area (Å²) in [7, 11) is 0. The maximum Gasteiger partial charge on any atom is 0.305 e. The van der Waals surface area contributed by atoms with E-state index in [1.165, 1.54) is 6.07 Å². The predicted molar refractivity (Wildman–Crippen MR) is 118 cm³/mol. The smallest absolute Gasteiger partial charge is 0.305 e. The number of nitrogens with zero attached hydrogens (tertiary/aromatic N) is 3. The van der Waals surface area contributed by atoms with Crippen molar-refractivity contribution in [1.29, 1.82) is 0 Å². The highest BCUT2D eigenvalue weighted by Crippen LogP contribution is 2.41. The molecule has 1 aliphatic heterocycles. The number of aryl methyl sites for hydroxylation is 1. The molecule has 0 bridgehead atoms. The number of allylic oxidation sites excluding steroid dienone is 1. The fraction of sp³-hybridized carbons (Fsp3) is 0.435. The minimum atomic E-state index is -0.877. The number of piperidine rings is 1. The number of rotatable bonds is 8. The topological polar surface area (TPSA) is 75.4 Å². The summed E-state index contributed by atoms with van der Waals surface area (Å²) in [5.74, 6) is -1.17. The molecule has 2 heterocycles. The average molecular weight is 444 g/mol. The molecule has 31 heavy (non-hydrogen) atoms. The van der Waals surface area contributed by atoms with Crippen LogP contribution < -0.4 is 0 Å². The van der Waals surface area contributed by atoms with Crippen molar-refractivity contribution in [1.82, 2.24) is 14.7 Å². The molecule has 8 heteroatoms. The summed E-state index contributed by atoms with van der Waals surface area (Å²) in [5, 5.41) is 13.3. The molecule has 2 unspecified atom stereocenters. The van der Waals surface area contributed by atoms with Crippen molar-refractivity contribution in [3.63, 3.8) is 0 Å². The number of likely N-dealkylation sites (tertiary alicyclic amines) is 1. The quantitative estimate of drug-likeness (QED) is 0.604. The molecule has 4 rings (SSSR count). The molecule has 2 aromatic rings. The van der Waals surface area contributed by atoms with Crippen LogP contribution in [-0.4, -0.2) is 43.3 Å². The molecule has 1 saturated carbocycles. The Morgan fingerprint density at radius 3 is 2.77 bits per heavy atom. The van der Waals surface area contributed by atoms with Crippen LogP contribution in [0.4, 0.5) is 4.39 Å². The van der Waals surface area contributed by atoms with Crippen LogP contribution in [0.5, 0.6) is 0 Å². The van der Waals surface area contributed by atoms with Gasteiger partial charge in [-0.15, -0.1) is 0 Å². The lowest BCUT2D eigenvalue weighted by atomic mass is 9.93. The van der Waals surface area contributed by atoms with Gasteiger partial charge < -0.3 is 10.0 Å². The lowest BCUT2D eigenvalue weighted by Gasteiger charge is -2.40. The summed E-state index contributed by atoms with van der Waals surface area (Å²) in [6, 6.07) is 5.87. The van der Waals surface area contributed by atoms with Gasteiger partial charge in [0.25, 0.3) is 0 Å². The van der Waals surface area contributed by atoms with Crippen molar-refractivity contribution in [3.05, 3.63) is 59.3 Å². The second kappa shape index (κ2) is 9.26. The average Bonchev–Trinajstić information content (AvgIpc) is 3.49. The Morgan fingerprint density at radius 2 is 2.06 bits per heavy atom. The van der Waals surface area contributed by atoms with Crippen LogP contribution in [0.2, 0.25) is 0 Å². The lowest BCUT2D eigenvalue weighted by molar-refractivity contribution is -0.137. The van der Waals surface area contributed by atoms with Gasteiger partial charge in [-0.3, -0.25) is 14.3 Å². The Hall–Kier alpha value is -2.61. The second-order valence-electron chi connectivity index (χ2n) is 8.26. The first kappa shape index (κ1) is 21.6. The summed E-state index contributed by atoms with van der Waals surface area (Å²) in [6.45, 7) is 0.903. The monoisotopic (exact) mass is 443 g/mol. The summed E-state index contributed by atoms with van der Waals surface area (Å²) >= 11 is 4.66. The van der Waals surface area contributed by atoms with Crippen LogP contribution in [0, 0.1) is 11.7 Å². The fourth-order valence-corrected chi connectivity index (χ4v) is 4.37. The first-order chi connectivity index (χ1) is 14.9. The molecular formula is C23H26FN3O3S. The highest BCUT2D eigenvalue weighted by Gasteiger charge is 2.41. The highest BCUT2D eigenvalue weighted by atomic mass is 32.1. The number of aliphatic carboxylic acids is 1. The minimum absolute atomic E-state index is 0.00153. The van der Waals surface area contributed by atoms with Gasteiger partial charge in [0.15, 0.2) is 5.78 Å². The third-order valence-corrected chi connectivity index (χ3v) is 6.26. The van der Waals surface area contributed by atoms with Crippen LogP contribution in [0.3, 0.4) is 0 Å². The van der Waals surface area contributed by atoms with Gasteiger partial charge in [-0.2, -0.15) is 17.7 Å². The second-order valence-corrected chi connectivity index (χ2v) is 8.99. The highest BCUT2D eigenvalue weighted by molar-refractivity contribution is 7.80. The molecule has 1 aromatic carbocycles. The molecule has 1 N–H and O–H groups in total. The molecule has 1 aromatic heterocycles. The van der Waals surface area contributed by atoms with Crippen LogP contribution >= 0.6 is 12.6 Å². The van der Waals surface area contributed by atoms with Crippen molar-refractivity contribution in [3.8, 4) is 0 Å². The number of carboxylic acids is 1. The van der Waals surface area contributed by atoms with E-state index in [0.717, 1.165) is 30.5 Å². The van der Waals surface area contributed by atoms with Crippen LogP contribution in [0.25, 0.3) is 6.08 Å². The third kappa shape index (κ3) is 5.18. The molecular weight excluding hydrogens is 417 g/mol. The van der Waals surface area contributed by atoms with E-state index < -0.39 is 12.0 Å². The maximum atomic E-state index is 14.7. The van der Waals surface area contributed by atoms with Crippen LogP contribution in [0.1, 0.15) is 49.3 Å². The molecule has 0 radical (unpaired) electrons. The maximum absolute atomic E-state index is 14.7. The number of benzene rings is 1. The number of Topliss-reactive ketones (excluding diaryl/α,β-unsaturated/α-hetero) is 1. The molecule has 1 saturated heterocycles. The van der Waals surface area contributed by atoms with Gasteiger partial charge in [-0.25, -0.2) is 4.39 Å². The Balaban J connectivity index is 1.66. The third-order valence-electron chi connectivity index (χ3n) is 5.82. The lowest BCUT2D eigenvalue weighted by Crippen LogP contribution is -2.40. The van der Waals surface area contributed by atoms with Gasteiger partial charge in [-0.1, -0.05) is 18.2 Å². The zero-order chi connectivity index (χ0) is 22.0. The molecule has 2 fully saturated rings. The first-order valence-electron chi connectivity index (χ1n) is 10.6. The minimum Gasteiger partial charge on any atom is -0.481 e. The standard InChI is InChI=1S/C23H26FN3O3S/c24-20-4-2-1-3-19(20)22(23(30)16-5-6-16)27-10-7-18(31)12-17(27)11-15-13-25-26(14-15)9-8-21(28)29/h1-4,11,13-14,16,18,22,31H,5-10,12H2,(H,28,29). The van der Waals surface area contributed by atoms with Gasteiger partial charge in [-0.05, 0) is 37.8 Å². The van der Waals surface area contributed by atoms with Gasteiger partial charge in [0.1, 0.15) is 11.9 Å². The van der Waals surface area contributed by atoms with E-state index in [9.17, 15) is 14.0 Å². The Labute approximate surface area is 186 Å². The van der Waals surface area contributed by atoms with Crippen molar-refractivity contribution in [2.24, 2.45) is 5.92 Å². The Kier molecular flexibility index (Phi) is 6.46. The number of carbonyl (C=O) groups excluding carboxylic acids is 1. The zero-order valence-corrected chi connectivity index (χ0v) is 18.0. The summed E-state index contributed by atoms with van der Waals surface area (Å²) in [6.07, 6.45) is 8.61. The molecule has 2 aliphatic rings. The number of hydrogen-bond acceptors (Lipinski definition) is 5. The van der Waals surface area contributed by atoms with E-state index in [1.54, 1.807) is 35.3 Å². The normalized spacial score (nSPS) is 21.3. The van der Waals surface area contributed by atoms with Gasteiger partial charge in [0.05, 0.1) is 19.2 Å². The first-order valence-corrected chi connectivity index (χ1v) is 11.1. The van der Waals surface area contributed by atoms with E-state index in [2.05, 4.69) is 17.7 Å². The van der Waals surface area contributed by atoms with E-state index in [0.29, 0.717) is 18.5 Å². The van der Waals surface area contributed by atoms with Crippen molar-refractivity contribution < 1.29 is 19.1 Å². The number of ketones is 1. The molecule has 0 amide bonds. The molecule has 164 valence electrons. The number of carboxylic acid groups (broad SMARTS) is 1. The number of hydrogen-bond donors (Lipinski definition) is 2. The predicted octanol–water partition coefficient (Wildman–Crippen LogP) is 3.95. The van der Waals surface area contributed by atoms with E-state index >= 15 is 0 Å². The number of thiol groups is 1. The van der Waals surface area contributed by atoms with E-state index in [4.69, 9.17) is 5.11 Å². The van der Waals surface area contributed by atoms with Crippen LogP contribution in [-0.2, 0) is 16.1 Å². The molecule has 1 aliphatic carbocycles.